The Hall–Kier alpha value is -1.00. The summed E-state index contributed by atoms with van der Waals surface area (Å²) in [7, 11) is 0. The number of hydrogen-bond acceptors (Lipinski definition) is 3. The Bertz CT molecular complexity index is 485. The minimum Gasteiger partial charge on any atom is -0.310 e. The highest BCUT2D eigenvalue weighted by molar-refractivity contribution is 8.00. The van der Waals surface area contributed by atoms with Crippen LogP contribution < -0.4 is 4.90 Å². The standard InChI is InChI=1S/C16H22N2OS/c1-13-8-11-18(14-6-2-3-7-15(14)20-13)16(19)12-17-9-4-5-10-17/h2-3,6-7,13H,4-5,8-12H2,1H3. The van der Waals surface area contributed by atoms with Crippen molar-refractivity contribution in [3.05, 3.63) is 24.3 Å². The first-order valence-corrected chi connectivity index (χ1v) is 8.40. The van der Waals surface area contributed by atoms with Gasteiger partial charge in [-0.15, -0.1) is 11.8 Å². The van der Waals surface area contributed by atoms with Crippen molar-refractivity contribution in [1.29, 1.82) is 0 Å². The Morgan fingerprint density at radius 2 is 2.00 bits per heavy atom. The molecule has 1 aromatic rings. The van der Waals surface area contributed by atoms with Crippen molar-refractivity contribution in [2.45, 2.75) is 36.3 Å². The molecule has 1 saturated heterocycles. The third-order valence-corrected chi connectivity index (χ3v) is 5.34. The molecule has 0 N–H and O–H groups in total. The van der Waals surface area contributed by atoms with Gasteiger partial charge in [0.1, 0.15) is 0 Å². The second-order valence-corrected chi connectivity index (χ2v) is 7.19. The molecule has 4 heteroatoms. The van der Waals surface area contributed by atoms with Gasteiger partial charge in [0.15, 0.2) is 0 Å². The lowest BCUT2D eigenvalue weighted by Crippen LogP contribution is -2.40. The summed E-state index contributed by atoms with van der Waals surface area (Å²) in [5, 5.41) is 0.570. The predicted molar refractivity (Wildman–Crippen MR) is 84.4 cm³/mol. The summed E-state index contributed by atoms with van der Waals surface area (Å²) in [5.74, 6) is 0.258. The molecule has 20 heavy (non-hydrogen) atoms. The minimum atomic E-state index is 0.258. The third-order valence-electron chi connectivity index (χ3n) is 4.10. The van der Waals surface area contributed by atoms with Gasteiger partial charge in [0.25, 0.3) is 0 Å². The molecule has 0 bridgehead atoms. The molecule has 1 atom stereocenters. The van der Waals surface area contributed by atoms with Crippen LogP contribution in [0.15, 0.2) is 29.2 Å². The van der Waals surface area contributed by atoms with Crippen molar-refractivity contribution >= 4 is 23.4 Å². The molecule has 0 saturated carbocycles. The molecule has 1 aromatic carbocycles. The predicted octanol–water partition coefficient (Wildman–Crippen LogP) is 3.00. The average Bonchev–Trinajstić information content (AvgIpc) is 2.87. The summed E-state index contributed by atoms with van der Waals surface area (Å²) in [6.45, 7) is 5.82. The fraction of sp³-hybridized carbons (Fsp3) is 0.562. The number of anilines is 1. The van der Waals surface area contributed by atoms with Crippen LogP contribution in [0.25, 0.3) is 0 Å². The third kappa shape index (κ3) is 3.01. The maximum absolute atomic E-state index is 12.7. The lowest BCUT2D eigenvalue weighted by Gasteiger charge is -2.25. The topological polar surface area (TPSA) is 23.6 Å². The van der Waals surface area contributed by atoms with Crippen LogP contribution >= 0.6 is 11.8 Å². The highest BCUT2D eigenvalue weighted by Gasteiger charge is 2.25. The molecule has 2 heterocycles. The number of carbonyl (C=O) groups excluding carboxylic acids is 1. The van der Waals surface area contributed by atoms with E-state index in [4.69, 9.17) is 0 Å². The Morgan fingerprint density at radius 3 is 2.80 bits per heavy atom. The average molecular weight is 290 g/mol. The Kier molecular flexibility index (Phi) is 4.32. The van der Waals surface area contributed by atoms with Gasteiger partial charge in [-0.25, -0.2) is 0 Å². The molecule has 2 aliphatic heterocycles. The first-order chi connectivity index (χ1) is 9.74. The van der Waals surface area contributed by atoms with Crippen LogP contribution in [0.4, 0.5) is 5.69 Å². The van der Waals surface area contributed by atoms with Crippen LogP contribution in [0.3, 0.4) is 0 Å². The Morgan fingerprint density at radius 1 is 1.25 bits per heavy atom. The van der Waals surface area contributed by atoms with Gasteiger partial charge in [0.2, 0.25) is 5.91 Å². The number of thioether (sulfide) groups is 1. The molecular weight excluding hydrogens is 268 g/mol. The van der Waals surface area contributed by atoms with E-state index in [1.165, 1.54) is 17.7 Å². The van der Waals surface area contributed by atoms with Crippen LogP contribution in [-0.2, 0) is 4.79 Å². The fourth-order valence-electron chi connectivity index (χ4n) is 2.96. The summed E-state index contributed by atoms with van der Waals surface area (Å²) in [5.41, 5.74) is 1.10. The zero-order valence-corrected chi connectivity index (χ0v) is 12.9. The highest BCUT2D eigenvalue weighted by atomic mass is 32.2. The van der Waals surface area contributed by atoms with E-state index in [0.29, 0.717) is 11.8 Å². The molecule has 1 fully saturated rings. The number of hydrogen-bond donors (Lipinski definition) is 0. The maximum atomic E-state index is 12.7. The van der Waals surface area contributed by atoms with E-state index < -0.39 is 0 Å². The van der Waals surface area contributed by atoms with E-state index in [0.717, 1.165) is 31.7 Å². The number of para-hydroxylation sites is 1. The number of fused-ring (bicyclic) bond motifs is 1. The second kappa shape index (κ2) is 6.19. The molecule has 1 amide bonds. The summed E-state index contributed by atoms with van der Waals surface area (Å²) < 4.78 is 0. The first kappa shape index (κ1) is 14.0. The molecule has 0 aromatic heterocycles. The quantitative estimate of drug-likeness (QED) is 0.836. The van der Waals surface area contributed by atoms with Gasteiger partial charge in [-0.3, -0.25) is 9.69 Å². The molecule has 0 aliphatic carbocycles. The Labute approximate surface area is 125 Å². The number of rotatable bonds is 2. The molecule has 2 aliphatic rings. The van der Waals surface area contributed by atoms with Crippen LogP contribution in [0.2, 0.25) is 0 Å². The smallest absolute Gasteiger partial charge is 0.241 e. The molecule has 1 unspecified atom stereocenters. The van der Waals surface area contributed by atoms with Gasteiger partial charge in [-0.2, -0.15) is 0 Å². The number of carbonyl (C=O) groups is 1. The van der Waals surface area contributed by atoms with Crippen LogP contribution in [0, 0.1) is 0 Å². The SMILES string of the molecule is CC1CCN(C(=O)CN2CCCC2)c2ccccc2S1. The molecular formula is C16H22N2OS. The van der Waals surface area contributed by atoms with E-state index in [-0.39, 0.29) is 5.91 Å². The van der Waals surface area contributed by atoms with Crippen LogP contribution in [-0.4, -0.2) is 42.2 Å². The molecule has 0 spiro atoms. The second-order valence-electron chi connectivity index (χ2n) is 5.71. The largest absolute Gasteiger partial charge is 0.310 e. The van der Waals surface area contributed by atoms with E-state index in [9.17, 15) is 4.79 Å². The minimum absolute atomic E-state index is 0.258. The van der Waals surface area contributed by atoms with Gasteiger partial charge < -0.3 is 4.90 Å². The van der Waals surface area contributed by atoms with E-state index in [1.54, 1.807) is 0 Å². The van der Waals surface area contributed by atoms with Crippen molar-refractivity contribution in [2.24, 2.45) is 0 Å². The van der Waals surface area contributed by atoms with Crippen molar-refractivity contribution in [2.75, 3.05) is 31.1 Å². The zero-order chi connectivity index (χ0) is 13.9. The fourth-order valence-corrected chi connectivity index (χ4v) is 4.08. The lowest BCUT2D eigenvalue weighted by molar-refractivity contribution is -0.119. The van der Waals surface area contributed by atoms with Crippen molar-refractivity contribution in [1.82, 2.24) is 4.90 Å². The lowest BCUT2D eigenvalue weighted by atomic mass is 10.2. The van der Waals surface area contributed by atoms with Crippen molar-refractivity contribution in [3.63, 3.8) is 0 Å². The number of benzene rings is 1. The highest BCUT2D eigenvalue weighted by Crippen LogP contribution is 2.37. The zero-order valence-electron chi connectivity index (χ0n) is 12.0. The summed E-state index contributed by atoms with van der Waals surface area (Å²) in [6.07, 6.45) is 3.53. The summed E-state index contributed by atoms with van der Waals surface area (Å²) >= 11 is 1.89. The number of amides is 1. The van der Waals surface area contributed by atoms with Gasteiger partial charge in [0, 0.05) is 16.7 Å². The van der Waals surface area contributed by atoms with Crippen molar-refractivity contribution in [3.8, 4) is 0 Å². The van der Waals surface area contributed by atoms with Gasteiger partial charge in [0.05, 0.1) is 12.2 Å². The number of likely N-dealkylation sites (tertiary alicyclic amines) is 1. The molecule has 3 rings (SSSR count). The Balaban J connectivity index is 1.79. The first-order valence-electron chi connectivity index (χ1n) is 7.52. The summed E-state index contributed by atoms with van der Waals surface area (Å²) in [6, 6.07) is 8.32. The van der Waals surface area contributed by atoms with E-state index >= 15 is 0 Å². The monoisotopic (exact) mass is 290 g/mol. The molecule has 108 valence electrons. The normalized spacial score (nSPS) is 23.4. The van der Waals surface area contributed by atoms with E-state index in [2.05, 4.69) is 30.0 Å². The summed E-state index contributed by atoms with van der Waals surface area (Å²) in [4.78, 5) is 18.2. The van der Waals surface area contributed by atoms with Gasteiger partial charge >= 0.3 is 0 Å². The molecule has 0 radical (unpaired) electrons. The van der Waals surface area contributed by atoms with Gasteiger partial charge in [-0.1, -0.05) is 19.1 Å². The molecule has 3 nitrogen and oxygen atoms in total. The van der Waals surface area contributed by atoms with Gasteiger partial charge in [-0.05, 0) is 44.5 Å². The number of nitrogens with zero attached hydrogens (tertiary/aromatic N) is 2. The van der Waals surface area contributed by atoms with E-state index in [1.807, 2.05) is 22.7 Å². The van der Waals surface area contributed by atoms with Crippen LogP contribution in [0.1, 0.15) is 26.2 Å². The van der Waals surface area contributed by atoms with Crippen molar-refractivity contribution < 1.29 is 4.79 Å². The maximum Gasteiger partial charge on any atom is 0.241 e. The van der Waals surface area contributed by atoms with Crippen LogP contribution in [0.5, 0.6) is 0 Å².